The molecule has 0 aliphatic carbocycles. The molecule has 3 aromatic carbocycles. The summed E-state index contributed by atoms with van der Waals surface area (Å²) in [6, 6.07) is 25.4. The van der Waals surface area contributed by atoms with E-state index in [-0.39, 0.29) is 0 Å². The maximum atomic E-state index is 5.44. The third-order valence-electron chi connectivity index (χ3n) is 4.46. The molecular weight excluding hydrogens is 340 g/mol. The Balaban J connectivity index is 1.44. The Morgan fingerprint density at radius 2 is 1.50 bits per heavy atom. The summed E-state index contributed by atoms with van der Waals surface area (Å²) in [7, 11) is 0. The SMILES string of the molecule is C(=Cc1ccc2sc(-c3ccccc3)cc2c1)c1ccc2c(c1)OCO2. The van der Waals surface area contributed by atoms with Crippen LogP contribution in [0.5, 0.6) is 11.5 Å². The van der Waals surface area contributed by atoms with Gasteiger partial charge in [-0.25, -0.2) is 0 Å². The fourth-order valence-electron chi connectivity index (χ4n) is 3.12. The van der Waals surface area contributed by atoms with Crippen molar-refractivity contribution in [3.63, 3.8) is 0 Å². The van der Waals surface area contributed by atoms with Crippen molar-refractivity contribution in [1.29, 1.82) is 0 Å². The molecule has 3 heteroatoms. The van der Waals surface area contributed by atoms with E-state index in [0.717, 1.165) is 17.1 Å². The zero-order chi connectivity index (χ0) is 17.3. The second-order valence-corrected chi connectivity index (χ2v) is 7.30. The highest BCUT2D eigenvalue weighted by atomic mass is 32.1. The van der Waals surface area contributed by atoms with Gasteiger partial charge in [-0.3, -0.25) is 0 Å². The summed E-state index contributed by atoms with van der Waals surface area (Å²) in [6.45, 7) is 0.307. The number of hydrogen-bond acceptors (Lipinski definition) is 3. The van der Waals surface area contributed by atoms with Crippen LogP contribution in [-0.2, 0) is 0 Å². The third kappa shape index (κ3) is 2.87. The van der Waals surface area contributed by atoms with Crippen LogP contribution in [0.25, 0.3) is 32.7 Å². The van der Waals surface area contributed by atoms with E-state index in [1.807, 2.05) is 29.5 Å². The number of benzene rings is 3. The fraction of sp³-hybridized carbons (Fsp3) is 0.0435. The van der Waals surface area contributed by atoms with E-state index in [9.17, 15) is 0 Å². The predicted octanol–water partition coefficient (Wildman–Crippen LogP) is 6.47. The molecule has 1 aromatic heterocycles. The highest BCUT2D eigenvalue weighted by Gasteiger charge is 2.12. The van der Waals surface area contributed by atoms with Crippen molar-refractivity contribution in [2.24, 2.45) is 0 Å². The average Bonchev–Trinajstić information content (AvgIpc) is 3.33. The molecule has 0 atom stereocenters. The van der Waals surface area contributed by atoms with Crippen LogP contribution in [0.1, 0.15) is 11.1 Å². The average molecular weight is 356 g/mol. The van der Waals surface area contributed by atoms with Gasteiger partial charge in [0.25, 0.3) is 0 Å². The van der Waals surface area contributed by atoms with Gasteiger partial charge in [-0.15, -0.1) is 11.3 Å². The minimum atomic E-state index is 0.307. The second kappa shape index (κ2) is 6.36. The minimum Gasteiger partial charge on any atom is -0.454 e. The lowest BCUT2D eigenvalue weighted by atomic mass is 10.1. The van der Waals surface area contributed by atoms with E-state index in [1.165, 1.54) is 26.1 Å². The summed E-state index contributed by atoms with van der Waals surface area (Å²) in [4.78, 5) is 1.30. The van der Waals surface area contributed by atoms with Crippen LogP contribution in [0.4, 0.5) is 0 Å². The zero-order valence-corrected chi connectivity index (χ0v) is 14.8. The van der Waals surface area contributed by atoms with E-state index < -0.39 is 0 Å². The van der Waals surface area contributed by atoms with Crippen LogP contribution in [0.2, 0.25) is 0 Å². The Morgan fingerprint density at radius 3 is 2.38 bits per heavy atom. The highest BCUT2D eigenvalue weighted by Crippen LogP contribution is 2.35. The van der Waals surface area contributed by atoms with Gasteiger partial charge in [0.05, 0.1) is 0 Å². The first kappa shape index (κ1) is 15.2. The van der Waals surface area contributed by atoms with E-state index in [0.29, 0.717) is 6.79 Å². The highest BCUT2D eigenvalue weighted by molar-refractivity contribution is 7.22. The lowest BCUT2D eigenvalue weighted by Gasteiger charge is -1.98. The van der Waals surface area contributed by atoms with Gasteiger partial charge in [-0.2, -0.15) is 0 Å². The van der Waals surface area contributed by atoms with Gasteiger partial charge >= 0.3 is 0 Å². The van der Waals surface area contributed by atoms with Crippen LogP contribution in [0.3, 0.4) is 0 Å². The van der Waals surface area contributed by atoms with Gasteiger partial charge < -0.3 is 9.47 Å². The monoisotopic (exact) mass is 356 g/mol. The Labute approximate surface area is 155 Å². The molecule has 0 saturated carbocycles. The number of hydrogen-bond donors (Lipinski definition) is 0. The molecule has 0 amide bonds. The summed E-state index contributed by atoms with van der Waals surface area (Å²) in [5.41, 5.74) is 3.56. The predicted molar refractivity (Wildman–Crippen MR) is 109 cm³/mol. The molecule has 1 aliphatic rings. The first-order valence-corrected chi connectivity index (χ1v) is 9.34. The Hall–Kier alpha value is -3.04. The van der Waals surface area contributed by atoms with Crippen LogP contribution in [-0.4, -0.2) is 6.79 Å². The minimum absolute atomic E-state index is 0.307. The second-order valence-electron chi connectivity index (χ2n) is 6.22. The first-order chi connectivity index (χ1) is 12.8. The van der Waals surface area contributed by atoms with Crippen LogP contribution in [0.15, 0.2) is 72.8 Å². The first-order valence-electron chi connectivity index (χ1n) is 8.52. The number of ether oxygens (including phenoxy) is 2. The van der Waals surface area contributed by atoms with Crippen LogP contribution in [0, 0.1) is 0 Å². The van der Waals surface area contributed by atoms with E-state index in [2.05, 4.69) is 66.7 Å². The van der Waals surface area contributed by atoms with Gasteiger partial charge in [-0.05, 0) is 52.4 Å². The van der Waals surface area contributed by atoms with Gasteiger partial charge in [0.1, 0.15) is 0 Å². The lowest BCUT2D eigenvalue weighted by Crippen LogP contribution is -1.92. The molecule has 0 N–H and O–H groups in total. The van der Waals surface area contributed by atoms with Crippen LogP contribution < -0.4 is 9.47 Å². The third-order valence-corrected chi connectivity index (χ3v) is 5.63. The molecule has 5 rings (SSSR count). The molecule has 0 spiro atoms. The Kier molecular flexibility index (Phi) is 3.72. The summed E-state index contributed by atoms with van der Waals surface area (Å²) >= 11 is 1.83. The van der Waals surface area contributed by atoms with E-state index in [4.69, 9.17) is 9.47 Å². The quantitative estimate of drug-likeness (QED) is 0.392. The van der Waals surface area contributed by atoms with E-state index >= 15 is 0 Å². The fourth-order valence-corrected chi connectivity index (χ4v) is 4.17. The molecule has 1 aliphatic heterocycles. The Morgan fingerprint density at radius 1 is 0.731 bits per heavy atom. The maximum absolute atomic E-state index is 5.44. The molecule has 26 heavy (non-hydrogen) atoms. The van der Waals surface area contributed by atoms with Crippen molar-refractivity contribution in [2.75, 3.05) is 6.79 Å². The molecule has 0 fully saturated rings. The van der Waals surface area contributed by atoms with Crippen molar-refractivity contribution in [3.8, 4) is 21.9 Å². The number of thiophene rings is 1. The molecule has 126 valence electrons. The normalized spacial score (nSPS) is 12.9. The standard InChI is InChI=1S/C23H16O2S/c1-2-4-18(5-3-1)23-14-19-12-16(9-11-22(19)26-23)6-7-17-8-10-20-21(13-17)25-15-24-20/h1-14H,15H2. The summed E-state index contributed by atoms with van der Waals surface area (Å²) in [5.74, 6) is 1.63. The molecule has 2 heterocycles. The van der Waals surface area contributed by atoms with Crippen molar-refractivity contribution >= 4 is 33.6 Å². The smallest absolute Gasteiger partial charge is 0.231 e. The largest absolute Gasteiger partial charge is 0.454 e. The van der Waals surface area contributed by atoms with Crippen LogP contribution >= 0.6 is 11.3 Å². The summed E-state index contributed by atoms with van der Waals surface area (Å²) in [6.07, 6.45) is 4.24. The van der Waals surface area contributed by atoms with Gasteiger partial charge in [0, 0.05) is 9.58 Å². The molecule has 0 unspecified atom stereocenters. The molecule has 0 radical (unpaired) electrons. The maximum Gasteiger partial charge on any atom is 0.231 e. The van der Waals surface area contributed by atoms with Gasteiger partial charge in [0.2, 0.25) is 6.79 Å². The molecular formula is C23H16O2S. The topological polar surface area (TPSA) is 18.5 Å². The summed E-state index contributed by atoms with van der Waals surface area (Å²) < 4.78 is 12.1. The zero-order valence-electron chi connectivity index (χ0n) is 14.0. The number of fused-ring (bicyclic) bond motifs is 2. The van der Waals surface area contributed by atoms with Crippen molar-refractivity contribution < 1.29 is 9.47 Å². The molecule has 0 saturated heterocycles. The summed E-state index contributed by atoms with van der Waals surface area (Å²) in [5, 5.41) is 1.28. The van der Waals surface area contributed by atoms with Crippen molar-refractivity contribution in [1.82, 2.24) is 0 Å². The molecule has 2 nitrogen and oxygen atoms in total. The van der Waals surface area contributed by atoms with E-state index in [1.54, 1.807) is 0 Å². The molecule has 0 bridgehead atoms. The Bertz CT molecular complexity index is 1110. The molecule has 4 aromatic rings. The number of rotatable bonds is 3. The van der Waals surface area contributed by atoms with Crippen molar-refractivity contribution in [3.05, 3.63) is 83.9 Å². The van der Waals surface area contributed by atoms with Crippen molar-refractivity contribution in [2.45, 2.75) is 0 Å². The van der Waals surface area contributed by atoms with Gasteiger partial charge in [0.15, 0.2) is 11.5 Å². The lowest BCUT2D eigenvalue weighted by molar-refractivity contribution is 0.174. The van der Waals surface area contributed by atoms with Gasteiger partial charge in [-0.1, -0.05) is 54.6 Å².